The van der Waals surface area contributed by atoms with E-state index in [1.807, 2.05) is 12.1 Å². The molecule has 3 aromatic rings. The number of nitrogens with zero attached hydrogens (tertiary/aromatic N) is 3. The molecule has 23 heavy (non-hydrogen) atoms. The fourth-order valence-corrected chi connectivity index (χ4v) is 1.91. The Balaban J connectivity index is 1.68. The van der Waals surface area contributed by atoms with Gasteiger partial charge in [0, 0.05) is 36.9 Å². The predicted octanol–water partition coefficient (Wildman–Crippen LogP) is 3.51. The van der Waals surface area contributed by atoms with Crippen molar-refractivity contribution in [2.45, 2.75) is 6.54 Å². The summed E-state index contributed by atoms with van der Waals surface area (Å²) in [6, 6.07) is 9.03. The third kappa shape index (κ3) is 3.97. The van der Waals surface area contributed by atoms with Crippen molar-refractivity contribution in [2.75, 3.05) is 10.6 Å². The first-order chi connectivity index (χ1) is 11.2. The van der Waals surface area contributed by atoms with Gasteiger partial charge in [-0.3, -0.25) is 4.98 Å². The van der Waals surface area contributed by atoms with Crippen molar-refractivity contribution in [1.82, 2.24) is 15.0 Å². The number of hydrogen-bond acceptors (Lipinski definition) is 5. The Hall–Kier alpha value is -3.09. The molecule has 0 aliphatic rings. The van der Waals surface area contributed by atoms with Gasteiger partial charge in [0.05, 0.1) is 0 Å². The minimum absolute atomic E-state index is 0.288. The quantitative estimate of drug-likeness (QED) is 0.755. The van der Waals surface area contributed by atoms with Gasteiger partial charge in [-0.25, -0.2) is 13.8 Å². The Labute approximate surface area is 131 Å². The summed E-state index contributed by atoms with van der Waals surface area (Å²) < 4.78 is 26.1. The fraction of sp³-hybridized carbons (Fsp3) is 0.0625. The Morgan fingerprint density at radius 1 is 0.913 bits per heavy atom. The van der Waals surface area contributed by atoms with E-state index >= 15 is 0 Å². The molecule has 0 radical (unpaired) electrons. The maximum absolute atomic E-state index is 13.2. The minimum atomic E-state index is -0.929. The summed E-state index contributed by atoms with van der Waals surface area (Å²) in [6.45, 7) is 0.587. The minimum Gasteiger partial charge on any atom is -0.366 e. The Kier molecular flexibility index (Phi) is 4.37. The molecule has 0 bridgehead atoms. The molecule has 5 nitrogen and oxygen atoms in total. The first-order valence-electron chi connectivity index (χ1n) is 6.88. The van der Waals surface area contributed by atoms with Crippen LogP contribution in [0, 0.1) is 11.6 Å². The number of anilines is 3. The van der Waals surface area contributed by atoms with Crippen LogP contribution in [0.4, 0.5) is 26.2 Å². The zero-order chi connectivity index (χ0) is 16.1. The number of halogens is 2. The van der Waals surface area contributed by atoms with Crippen LogP contribution >= 0.6 is 0 Å². The van der Waals surface area contributed by atoms with Gasteiger partial charge in [0.25, 0.3) is 0 Å². The van der Waals surface area contributed by atoms with Gasteiger partial charge >= 0.3 is 0 Å². The summed E-state index contributed by atoms with van der Waals surface area (Å²) in [5.41, 5.74) is 1.43. The molecule has 0 fully saturated rings. The second-order valence-electron chi connectivity index (χ2n) is 4.73. The van der Waals surface area contributed by atoms with Crippen LogP contribution in [0.1, 0.15) is 5.56 Å². The van der Waals surface area contributed by atoms with Crippen LogP contribution in [0.3, 0.4) is 0 Å². The maximum Gasteiger partial charge on any atom is 0.229 e. The summed E-state index contributed by atoms with van der Waals surface area (Å²) in [4.78, 5) is 12.3. The molecule has 2 aromatic heterocycles. The number of nitrogens with one attached hydrogen (secondary N) is 2. The molecule has 1 aromatic carbocycles. The molecular weight excluding hydrogens is 300 g/mol. The van der Waals surface area contributed by atoms with E-state index in [1.54, 1.807) is 24.7 Å². The summed E-state index contributed by atoms with van der Waals surface area (Å²) >= 11 is 0. The Morgan fingerprint density at radius 3 is 2.52 bits per heavy atom. The lowest BCUT2D eigenvalue weighted by Crippen LogP contribution is -2.04. The normalized spacial score (nSPS) is 10.3. The van der Waals surface area contributed by atoms with Gasteiger partial charge in [-0.15, -0.1) is 0 Å². The molecule has 2 heterocycles. The molecule has 116 valence electrons. The third-order valence-electron chi connectivity index (χ3n) is 3.05. The van der Waals surface area contributed by atoms with Crippen molar-refractivity contribution in [3.63, 3.8) is 0 Å². The second-order valence-corrected chi connectivity index (χ2v) is 4.73. The van der Waals surface area contributed by atoms with Crippen LogP contribution in [0.5, 0.6) is 0 Å². The van der Waals surface area contributed by atoms with Gasteiger partial charge in [0.1, 0.15) is 5.82 Å². The largest absolute Gasteiger partial charge is 0.366 e. The van der Waals surface area contributed by atoms with Gasteiger partial charge in [0.2, 0.25) is 5.95 Å². The van der Waals surface area contributed by atoms with Crippen LogP contribution < -0.4 is 10.6 Å². The van der Waals surface area contributed by atoms with E-state index < -0.39 is 11.6 Å². The number of aromatic nitrogens is 3. The molecule has 0 saturated carbocycles. The molecule has 0 unspecified atom stereocenters. The van der Waals surface area contributed by atoms with E-state index in [2.05, 4.69) is 25.6 Å². The highest BCUT2D eigenvalue weighted by atomic mass is 19.2. The van der Waals surface area contributed by atoms with Crippen LogP contribution in [0.15, 0.2) is 55.0 Å². The van der Waals surface area contributed by atoms with Crippen LogP contribution in [0.2, 0.25) is 0 Å². The van der Waals surface area contributed by atoms with E-state index in [0.29, 0.717) is 18.1 Å². The molecule has 0 aliphatic heterocycles. The topological polar surface area (TPSA) is 62.7 Å². The lowest BCUT2D eigenvalue weighted by Gasteiger charge is -2.08. The van der Waals surface area contributed by atoms with Gasteiger partial charge in [0.15, 0.2) is 11.6 Å². The summed E-state index contributed by atoms with van der Waals surface area (Å²) in [5.74, 6) is -0.927. The van der Waals surface area contributed by atoms with Gasteiger partial charge in [-0.05, 0) is 35.9 Å². The van der Waals surface area contributed by atoms with Crippen molar-refractivity contribution < 1.29 is 8.78 Å². The van der Waals surface area contributed by atoms with Crippen LogP contribution in [-0.4, -0.2) is 15.0 Å². The smallest absolute Gasteiger partial charge is 0.229 e. The first-order valence-corrected chi connectivity index (χ1v) is 6.88. The molecule has 0 saturated heterocycles. The van der Waals surface area contributed by atoms with Gasteiger partial charge in [-0.1, -0.05) is 0 Å². The van der Waals surface area contributed by atoms with Crippen molar-refractivity contribution >= 4 is 17.5 Å². The molecule has 3 rings (SSSR count). The predicted molar refractivity (Wildman–Crippen MR) is 83.2 cm³/mol. The molecule has 0 spiro atoms. The van der Waals surface area contributed by atoms with Crippen molar-refractivity contribution in [3.05, 3.63) is 72.2 Å². The molecule has 7 heteroatoms. The lowest BCUT2D eigenvalue weighted by atomic mass is 10.3. The number of rotatable bonds is 5. The molecule has 0 aliphatic carbocycles. The van der Waals surface area contributed by atoms with Crippen molar-refractivity contribution in [2.24, 2.45) is 0 Å². The molecule has 0 amide bonds. The molecule has 2 N–H and O–H groups in total. The second kappa shape index (κ2) is 6.78. The van der Waals surface area contributed by atoms with Crippen LogP contribution in [-0.2, 0) is 6.54 Å². The lowest BCUT2D eigenvalue weighted by molar-refractivity contribution is 0.509. The summed E-state index contributed by atoms with van der Waals surface area (Å²) in [6.07, 6.45) is 5.00. The standard InChI is InChI=1S/C16H13F2N5/c17-13-2-1-12(9-14(13)18)22-16-20-8-5-15(23-16)21-10-11-3-6-19-7-4-11/h1-9H,10H2,(H2,20,21,22,23). The monoisotopic (exact) mass is 313 g/mol. The van der Waals surface area contributed by atoms with Gasteiger partial charge in [-0.2, -0.15) is 4.98 Å². The zero-order valence-corrected chi connectivity index (χ0v) is 12.0. The fourth-order valence-electron chi connectivity index (χ4n) is 1.91. The first kappa shape index (κ1) is 14.8. The summed E-state index contributed by atoms with van der Waals surface area (Å²) in [5, 5.41) is 5.99. The highest BCUT2D eigenvalue weighted by Crippen LogP contribution is 2.17. The zero-order valence-electron chi connectivity index (χ0n) is 12.0. The van der Waals surface area contributed by atoms with E-state index in [0.717, 1.165) is 17.7 Å². The highest BCUT2D eigenvalue weighted by Gasteiger charge is 2.04. The maximum atomic E-state index is 13.2. The number of benzene rings is 1. The summed E-state index contributed by atoms with van der Waals surface area (Å²) in [7, 11) is 0. The Bertz CT molecular complexity index is 795. The molecular formula is C16H13F2N5. The van der Waals surface area contributed by atoms with E-state index in [4.69, 9.17) is 0 Å². The average molecular weight is 313 g/mol. The van der Waals surface area contributed by atoms with E-state index in [9.17, 15) is 8.78 Å². The molecule has 0 atom stereocenters. The van der Waals surface area contributed by atoms with Crippen molar-refractivity contribution in [1.29, 1.82) is 0 Å². The van der Waals surface area contributed by atoms with E-state index in [-0.39, 0.29) is 5.95 Å². The van der Waals surface area contributed by atoms with Crippen molar-refractivity contribution in [3.8, 4) is 0 Å². The van der Waals surface area contributed by atoms with E-state index in [1.165, 1.54) is 6.07 Å². The Morgan fingerprint density at radius 2 is 1.74 bits per heavy atom. The van der Waals surface area contributed by atoms with Gasteiger partial charge < -0.3 is 10.6 Å². The third-order valence-corrected chi connectivity index (χ3v) is 3.05. The number of hydrogen-bond donors (Lipinski definition) is 2. The SMILES string of the molecule is Fc1ccc(Nc2nccc(NCc3ccncc3)n2)cc1F. The van der Waals surface area contributed by atoms with Crippen LogP contribution in [0.25, 0.3) is 0 Å². The average Bonchev–Trinajstić information content (AvgIpc) is 2.58. The number of pyridine rings is 1. The highest BCUT2D eigenvalue weighted by molar-refractivity contribution is 5.54.